The second kappa shape index (κ2) is 5.22. The van der Waals surface area contributed by atoms with Crippen molar-refractivity contribution in [2.75, 3.05) is 0 Å². The van der Waals surface area contributed by atoms with Crippen molar-refractivity contribution in [3.63, 3.8) is 0 Å². The molecule has 5 heteroatoms. The molecule has 0 saturated carbocycles. The van der Waals surface area contributed by atoms with Gasteiger partial charge in [0.15, 0.2) is 0 Å². The normalized spacial score (nSPS) is 10.5. The van der Waals surface area contributed by atoms with Crippen LogP contribution in [0.2, 0.25) is 15.1 Å². The molecule has 72 valence electrons. The van der Waals surface area contributed by atoms with Crippen LogP contribution < -0.4 is 0 Å². The van der Waals surface area contributed by atoms with Crippen LogP contribution in [-0.4, -0.2) is 0 Å². The molecule has 1 rings (SSSR count). The summed E-state index contributed by atoms with van der Waals surface area (Å²) in [7, 11) is 0. The predicted molar refractivity (Wildman–Crippen MR) is 66.7 cm³/mol. The summed E-state index contributed by atoms with van der Waals surface area (Å²) in [6, 6.07) is 1.82. The smallest absolute Gasteiger partial charge is 0.0650 e. The number of hydrogen-bond donors (Lipinski definition) is 0. The van der Waals surface area contributed by atoms with E-state index in [9.17, 15) is 0 Å². The number of hydrogen-bond acceptors (Lipinski definition) is 0. The van der Waals surface area contributed by atoms with Crippen molar-refractivity contribution in [2.45, 2.75) is 10.7 Å². The van der Waals surface area contributed by atoms with E-state index >= 15 is 0 Å². The summed E-state index contributed by atoms with van der Waals surface area (Å²) in [5.41, 5.74) is 1.74. The lowest BCUT2D eigenvalue weighted by atomic mass is 10.2. The van der Waals surface area contributed by atoms with Gasteiger partial charge < -0.3 is 0 Å². The first-order chi connectivity index (χ1) is 6.11. The van der Waals surface area contributed by atoms with E-state index in [1.807, 2.05) is 6.07 Å². The van der Waals surface area contributed by atoms with E-state index in [1.54, 1.807) is 0 Å². The van der Waals surface area contributed by atoms with Gasteiger partial charge in [0.05, 0.1) is 10.0 Å². The van der Waals surface area contributed by atoms with Crippen molar-refractivity contribution in [1.82, 2.24) is 0 Å². The molecule has 0 amide bonds. The Hall–Kier alpha value is 1.05. The third-order valence-corrected chi connectivity index (χ3v) is 4.05. The van der Waals surface area contributed by atoms with Crippen molar-refractivity contribution in [1.29, 1.82) is 0 Å². The number of halogens is 5. The molecule has 0 aliphatic heterocycles. The maximum absolute atomic E-state index is 6.02. The lowest BCUT2D eigenvalue weighted by Gasteiger charge is -2.09. The summed E-state index contributed by atoms with van der Waals surface area (Å²) in [6.45, 7) is 0. The highest BCUT2D eigenvalue weighted by atomic mass is 79.9. The highest BCUT2D eigenvalue weighted by Gasteiger charge is 2.12. The molecule has 0 saturated heterocycles. The summed E-state index contributed by atoms with van der Waals surface area (Å²) < 4.78 is 0. The van der Waals surface area contributed by atoms with E-state index in [4.69, 9.17) is 34.8 Å². The predicted octanol–water partition coefficient (Wildman–Crippen LogP) is 5.44. The molecular weight excluding hydrogens is 362 g/mol. The summed E-state index contributed by atoms with van der Waals surface area (Å²) in [5.74, 6) is 0. The molecule has 13 heavy (non-hydrogen) atoms. The van der Waals surface area contributed by atoms with Crippen molar-refractivity contribution in [3.05, 3.63) is 32.3 Å². The Labute approximate surface area is 109 Å². The Morgan fingerprint density at radius 3 is 2.08 bits per heavy atom. The van der Waals surface area contributed by atoms with E-state index in [2.05, 4.69) is 31.9 Å². The molecule has 1 aromatic rings. The second-order valence-electron chi connectivity index (χ2n) is 2.39. The molecule has 0 aromatic heterocycles. The van der Waals surface area contributed by atoms with E-state index in [-0.39, 0.29) is 0 Å². The summed E-state index contributed by atoms with van der Waals surface area (Å²) in [5, 5.41) is 2.99. The molecule has 0 bridgehead atoms. The Morgan fingerprint density at radius 1 is 1.00 bits per heavy atom. The van der Waals surface area contributed by atoms with Crippen LogP contribution in [0.3, 0.4) is 0 Å². The third kappa shape index (κ3) is 2.54. The minimum Gasteiger partial charge on any atom is -0.0876 e. The van der Waals surface area contributed by atoms with Gasteiger partial charge in [0, 0.05) is 21.2 Å². The zero-order chi connectivity index (χ0) is 10.0. The Bertz CT molecular complexity index is 326. The van der Waals surface area contributed by atoms with Crippen molar-refractivity contribution < 1.29 is 0 Å². The van der Waals surface area contributed by atoms with E-state index in [1.165, 1.54) is 0 Å². The third-order valence-electron chi connectivity index (χ3n) is 1.61. The van der Waals surface area contributed by atoms with Crippen molar-refractivity contribution in [2.24, 2.45) is 0 Å². The fourth-order valence-electron chi connectivity index (χ4n) is 0.901. The summed E-state index contributed by atoms with van der Waals surface area (Å²) in [6.07, 6.45) is 0. The molecule has 0 N–H and O–H groups in total. The number of rotatable bonds is 2. The molecule has 0 unspecified atom stereocenters. The summed E-state index contributed by atoms with van der Waals surface area (Å²) in [4.78, 5) is 0. The van der Waals surface area contributed by atoms with E-state index in [0.29, 0.717) is 25.7 Å². The maximum Gasteiger partial charge on any atom is 0.0650 e. The van der Waals surface area contributed by atoms with Gasteiger partial charge in [0.1, 0.15) is 0 Å². The summed E-state index contributed by atoms with van der Waals surface area (Å²) >= 11 is 24.6. The Kier molecular flexibility index (Phi) is 4.87. The first-order valence-electron chi connectivity index (χ1n) is 3.39. The highest BCUT2D eigenvalue weighted by molar-refractivity contribution is 9.08. The Morgan fingerprint density at radius 2 is 1.62 bits per heavy atom. The molecule has 0 fully saturated rings. The lowest BCUT2D eigenvalue weighted by Crippen LogP contribution is -1.89. The standard InChI is InChI=1S/C8H5Br2Cl3/c9-2-4-1-6(11)5(3-10)8(13)7(4)12/h1H,2-3H2. The minimum absolute atomic E-state index is 0.528. The van der Waals surface area contributed by atoms with Gasteiger partial charge in [-0.3, -0.25) is 0 Å². The van der Waals surface area contributed by atoms with E-state index < -0.39 is 0 Å². The largest absolute Gasteiger partial charge is 0.0876 e. The van der Waals surface area contributed by atoms with Gasteiger partial charge in [-0.2, -0.15) is 0 Å². The first-order valence-corrected chi connectivity index (χ1v) is 6.76. The van der Waals surface area contributed by atoms with Crippen molar-refractivity contribution in [3.8, 4) is 0 Å². The highest BCUT2D eigenvalue weighted by Crippen LogP contribution is 2.36. The van der Waals surface area contributed by atoms with Crippen LogP contribution in [0, 0.1) is 0 Å². The monoisotopic (exact) mass is 364 g/mol. The van der Waals surface area contributed by atoms with Gasteiger partial charge in [-0.25, -0.2) is 0 Å². The van der Waals surface area contributed by atoms with Gasteiger partial charge in [0.2, 0.25) is 0 Å². The fraction of sp³-hybridized carbons (Fsp3) is 0.250. The van der Waals surface area contributed by atoms with Gasteiger partial charge in [-0.05, 0) is 11.6 Å². The van der Waals surface area contributed by atoms with Gasteiger partial charge in [-0.1, -0.05) is 66.7 Å². The van der Waals surface area contributed by atoms with Crippen LogP contribution in [0.25, 0.3) is 0 Å². The molecular formula is C8H5Br2Cl3. The average molecular weight is 367 g/mol. The molecule has 0 radical (unpaired) electrons. The molecule has 0 spiro atoms. The fourth-order valence-corrected chi connectivity index (χ4v) is 3.28. The SMILES string of the molecule is Clc1cc(CBr)c(Cl)c(Cl)c1CBr. The topological polar surface area (TPSA) is 0 Å². The molecule has 0 nitrogen and oxygen atoms in total. The maximum atomic E-state index is 6.02. The first kappa shape index (κ1) is 12.1. The second-order valence-corrected chi connectivity index (χ2v) is 4.68. The van der Waals surface area contributed by atoms with Gasteiger partial charge in [0.25, 0.3) is 0 Å². The molecule has 0 atom stereocenters. The van der Waals surface area contributed by atoms with Crippen LogP contribution in [0.1, 0.15) is 11.1 Å². The Balaban J connectivity index is 3.37. The zero-order valence-corrected chi connectivity index (χ0v) is 11.8. The number of alkyl halides is 2. The zero-order valence-electron chi connectivity index (χ0n) is 6.38. The van der Waals surface area contributed by atoms with Crippen LogP contribution in [0.15, 0.2) is 6.07 Å². The van der Waals surface area contributed by atoms with Crippen LogP contribution in [0.4, 0.5) is 0 Å². The minimum atomic E-state index is 0.528. The molecule has 0 heterocycles. The lowest BCUT2D eigenvalue weighted by molar-refractivity contribution is 1.36. The van der Waals surface area contributed by atoms with Crippen LogP contribution >= 0.6 is 66.7 Å². The van der Waals surface area contributed by atoms with Gasteiger partial charge >= 0.3 is 0 Å². The van der Waals surface area contributed by atoms with Crippen molar-refractivity contribution >= 4 is 66.7 Å². The average Bonchev–Trinajstić information content (AvgIpc) is 2.12. The number of benzene rings is 1. The van der Waals surface area contributed by atoms with Crippen LogP contribution in [-0.2, 0) is 10.7 Å². The quantitative estimate of drug-likeness (QED) is 0.483. The molecule has 0 aliphatic rings. The van der Waals surface area contributed by atoms with Crippen LogP contribution in [0.5, 0.6) is 0 Å². The van der Waals surface area contributed by atoms with Gasteiger partial charge in [-0.15, -0.1) is 0 Å². The molecule has 0 aliphatic carbocycles. The molecule has 1 aromatic carbocycles. The van der Waals surface area contributed by atoms with E-state index in [0.717, 1.165) is 11.1 Å².